The first kappa shape index (κ1) is 26.7. The summed E-state index contributed by atoms with van der Waals surface area (Å²) in [5.74, 6) is 1.23. The summed E-state index contributed by atoms with van der Waals surface area (Å²) in [5.41, 5.74) is 0.774. The molecule has 0 spiro atoms. The molecule has 3 aromatic rings. The number of nitrogens with zero attached hydrogens (tertiary/aromatic N) is 4. The highest BCUT2D eigenvalue weighted by atomic mass is 32.2. The quantitative estimate of drug-likeness (QED) is 0.403. The summed E-state index contributed by atoms with van der Waals surface area (Å²) in [6.07, 6.45) is 3.69. The fourth-order valence-electron chi connectivity index (χ4n) is 4.70. The third-order valence-corrected chi connectivity index (χ3v) is 8.51. The smallest absolute Gasteiger partial charge is 0.243 e. The van der Waals surface area contributed by atoms with Gasteiger partial charge in [0.1, 0.15) is 28.1 Å². The Balaban J connectivity index is 1.81. The number of pyridine rings is 1. The van der Waals surface area contributed by atoms with Crippen LogP contribution in [-0.2, 0) is 10.0 Å². The van der Waals surface area contributed by atoms with Crippen LogP contribution in [0.1, 0.15) is 39.0 Å². The molecule has 0 aliphatic heterocycles. The van der Waals surface area contributed by atoms with Crippen molar-refractivity contribution in [3.05, 3.63) is 36.4 Å². The van der Waals surface area contributed by atoms with Crippen LogP contribution >= 0.6 is 0 Å². The highest BCUT2D eigenvalue weighted by molar-refractivity contribution is 7.93. The monoisotopic (exact) mass is 531 g/mol. The van der Waals surface area contributed by atoms with Crippen molar-refractivity contribution in [3.63, 3.8) is 0 Å². The van der Waals surface area contributed by atoms with Crippen LogP contribution in [0.2, 0.25) is 0 Å². The summed E-state index contributed by atoms with van der Waals surface area (Å²) >= 11 is 0. The molecule has 2 N–H and O–H groups in total. The Morgan fingerprint density at radius 3 is 2.24 bits per heavy atom. The minimum atomic E-state index is -4.06. The first-order chi connectivity index (χ1) is 17.8. The number of aliphatic hydroxyl groups is 1. The van der Waals surface area contributed by atoms with Crippen LogP contribution in [0.15, 0.2) is 36.4 Å². The van der Waals surface area contributed by atoms with Crippen LogP contribution in [0.25, 0.3) is 17.2 Å². The van der Waals surface area contributed by atoms with Gasteiger partial charge in [0.2, 0.25) is 21.9 Å². The zero-order valence-corrected chi connectivity index (χ0v) is 22.2. The molecule has 200 valence electrons. The molecule has 11 nitrogen and oxygen atoms in total. The second-order valence-electron chi connectivity index (χ2n) is 9.00. The molecule has 2 heterocycles. The second kappa shape index (κ2) is 11.3. The topological polar surface area (TPSA) is 138 Å². The second-order valence-corrected chi connectivity index (χ2v) is 11.0. The lowest BCUT2D eigenvalue weighted by molar-refractivity contribution is 0.0841. The van der Waals surface area contributed by atoms with Crippen LogP contribution in [0.3, 0.4) is 0 Å². The van der Waals surface area contributed by atoms with Crippen molar-refractivity contribution in [2.75, 3.05) is 26.1 Å². The highest BCUT2D eigenvalue weighted by Gasteiger charge is 2.36. The van der Waals surface area contributed by atoms with Crippen molar-refractivity contribution in [2.24, 2.45) is 5.92 Å². The number of aliphatic hydroxyl groups excluding tert-OH is 1. The Kier molecular flexibility index (Phi) is 8.18. The molecule has 2 atom stereocenters. The first-order valence-corrected chi connectivity index (χ1v) is 13.7. The lowest BCUT2D eigenvalue weighted by atomic mass is 9.84. The minimum absolute atomic E-state index is 0.0657. The number of anilines is 1. The molecular weight excluding hydrogens is 498 g/mol. The number of nitrogens with one attached hydrogen (secondary N) is 1. The lowest BCUT2D eigenvalue weighted by Gasteiger charge is -2.30. The standard InChI is InChI=1S/C25H33N5O6S/c1-16(23(31)17-10-6-5-7-11-17)37(32,33)29-25-28-27-24(18-12-8-15-21(26-18)36-4)30(25)22-19(34-2)13-9-14-20(22)35-3/h8-9,12-17,23,31H,5-7,10-11H2,1-4H3,(H,28,29). The van der Waals surface area contributed by atoms with Gasteiger partial charge in [-0.3, -0.25) is 9.29 Å². The number of benzene rings is 1. The van der Waals surface area contributed by atoms with Crippen molar-refractivity contribution in [3.8, 4) is 34.6 Å². The summed E-state index contributed by atoms with van der Waals surface area (Å²) in [7, 11) is 0.433. The molecule has 0 radical (unpaired) electrons. The number of para-hydroxylation sites is 1. The van der Waals surface area contributed by atoms with E-state index in [9.17, 15) is 13.5 Å². The molecule has 1 aromatic carbocycles. The molecule has 4 rings (SSSR count). The number of aromatic nitrogens is 4. The molecule has 0 bridgehead atoms. The van der Waals surface area contributed by atoms with E-state index in [2.05, 4.69) is 19.9 Å². The van der Waals surface area contributed by atoms with Gasteiger partial charge in [0.05, 0.1) is 27.4 Å². The normalized spacial score (nSPS) is 16.1. The van der Waals surface area contributed by atoms with Crippen molar-refractivity contribution in [2.45, 2.75) is 50.4 Å². The van der Waals surface area contributed by atoms with E-state index in [-0.39, 0.29) is 17.7 Å². The van der Waals surface area contributed by atoms with Crippen molar-refractivity contribution in [1.29, 1.82) is 0 Å². The largest absolute Gasteiger partial charge is 0.494 e. The third kappa shape index (κ3) is 5.49. The Bertz CT molecular complexity index is 1300. The molecule has 1 fully saturated rings. The molecule has 0 saturated heterocycles. The number of methoxy groups -OCH3 is 3. The van der Waals surface area contributed by atoms with E-state index < -0.39 is 21.4 Å². The Morgan fingerprint density at radius 1 is 0.973 bits per heavy atom. The van der Waals surface area contributed by atoms with Gasteiger partial charge in [-0.25, -0.2) is 13.4 Å². The maximum absolute atomic E-state index is 13.5. The summed E-state index contributed by atoms with van der Waals surface area (Å²) in [6, 6.07) is 10.3. The number of ether oxygens (including phenoxy) is 3. The predicted octanol–water partition coefficient (Wildman–Crippen LogP) is 3.43. The van der Waals surface area contributed by atoms with Crippen LogP contribution in [0.4, 0.5) is 5.95 Å². The zero-order valence-electron chi connectivity index (χ0n) is 21.4. The molecule has 1 saturated carbocycles. The summed E-state index contributed by atoms with van der Waals surface area (Å²) in [6.45, 7) is 1.51. The molecule has 12 heteroatoms. The molecule has 2 aromatic heterocycles. The van der Waals surface area contributed by atoms with Crippen LogP contribution in [0, 0.1) is 5.92 Å². The van der Waals surface area contributed by atoms with Gasteiger partial charge in [0, 0.05) is 6.07 Å². The number of hydrogen-bond donors (Lipinski definition) is 2. The summed E-state index contributed by atoms with van der Waals surface area (Å²) in [4.78, 5) is 4.45. The molecular formula is C25H33N5O6S. The number of rotatable bonds is 10. The molecule has 1 aliphatic carbocycles. The van der Waals surface area contributed by atoms with E-state index >= 15 is 0 Å². The fraction of sp³-hybridized carbons (Fsp3) is 0.480. The van der Waals surface area contributed by atoms with Crippen molar-refractivity contribution in [1.82, 2.24) is 19.7 Å². The van der Waals surface area contributed by atoms with E-state index in [1.165, 1.54) is 32.8 Å². The Labute approximate surface area is 216 Å². The molecule has 0 amide bonds. The van der Waals surface area contributed by atoms with Gasteiger partial charge in [-0.1, -0.05) is 31.4 Å². The van der Waals surface area contributed by atoms with Crippen LogP contribution in [-0.4, -0.2) is 66.0 Å². The summed E-state index contributed by atoms with van der Waals surface area (Å²) in [5, 5.41) is 18.3. The maximum Gasteiger partial charge on any atom is 0.243 e. The zero-order chi connectivity index (χ0) is 26.6. The van der Waals surface area contributed by atoms with E-state index in [0.717, 1.165) is 32.1 Å². The molecule has 37 heavy (non-hydrogen) atoms. The van der Waals surface area contributed by atoms with Crippen LogP contribution in [0.5, 0.6) is 17.4 Å². The third-order valence-electron chi connectivity index (χ3n) is 6.79. The lowest BCUT2D eigenvalue weighted by Crippen LogP contribution is -2.41. The minimum Gasteiger partial charge on any atom is -0.494 e. The average Bonchev–Trinajstić information content (AvgIpc) is 3.34. The predicted molar refractivity (Wildman–Crippen MR) is 139 cm³/mol. The Morgan fingerprint density at radius 2 is 1.62 bits per heavy atom. The van der Waals surface area contributed by atoms with Crippen molar-refractivity contribution < 1.29 is 27.7 Å². The highest BCUT2D eigenvalue weighted by Crippen LogP contribution is 2.38. The average molecular weight is 532 g/mol. The Hall–Kier alpha value is -3.38. The van der Waals surface area contributed by atoms with Gasteiger partial charge in [-0.15, -0.1) is 10.2 Å². The van der Waals surface area contributed by atoms with Gasteiger partial charge >= 0.3 is 0 Å². The number of hydrogen-bond acceptors (Lipinski definition) is 9. The molecule has 1 aliphatic rings. The van der Waals surface area contributed by atoms with Gasteiger partial charge < -0.3 is 19.3 Å². The van der Waals surface area contributed by atoms with Gasteiger partial charge in [-0.05, 0) is 43.9 Å². The van der Waals surface area contributed by atoms with Crippen LogP contribution < -0.4 is 18.9 Å². The fourth-order valence-corrected chi connectivity index (χ4v) is 5.86. The first-order valence-electron chi connectivity index (χ1n) is 12.2. The van der Waals surface area contributed by atoms with E-state index in [1.54, 1.807) is 36.4 Å². The maximum atomic E-state index is 13.5. The van der Waals surface area contributed by atoms with Gasteiger partial charge in [0.15, 0.2) is 5.82 Å². The van der Waals surface area contributed by atoms with Gasteiger partial charge in [0.25, 0.3) is 0 Å². The van der Waals surface area contributed by atoms with Crippen molar-refractivity contribution >= 4 is 16.0 Å². The van der Waals surface area contributed by atoms with E-state index in [1.807, 2.05) is 0 Å². The SMILES string of the molecule is COc1cccc(-c2nnc(NS(=O)(=O)C(C)C(O)C3CCCCC3)n2-c2c(OC)cccc2OC)n1. The summed E-state index contributed by atoms with van der Waals surface area (Å²) < 4.78 is 47.4. The van der Waals surface area contributed by atoms with E-state index in [0.29, 0.717) is 28.8 Å². The van der Waals surface area contributed by atoms with Gasteiger partial charge in [-0.2, -0.15) is 0 Å². The number of sulfonamides is 1. The molecule has 2 unspecified atom stereocenters. The van der Waals surface area contributed by atoms with E-state index in [4.69, 9.17) is 14.2 Å².